The van der Waals surface area contributed by atoms with Gasteiger partial charge in [-0.15, -0.1) is 0 Å². The van der Waals surface area contributed by atoms with E-state index in [1.54, 1.807) is 0 Å². The van der Waals surface area contributed by atoms with Crippen LogP contribution in [0, 0.1) is 0 Å². The maximum Gasteiger partial charge on any atom is 0.336 e. The van der Waals surface area contributed by atoms with Crippen molar-refractivity contribution in [1.29, 1.82) is 0 Å². The number of hydrogen-bond donors (Lipinski definition) is 2. The van der Waals surface area contributed by atoms with Gasteiger partial charge in [0.2, 0.25) is 4.32 Å². The number of nitrogens with zero attached hydrogens (tertiary/aromatic N) is 1. The number of alkyl halides is 1. The maximum atomic E-state index is 10.9. The van der Waals surface area contributed by atoms with E-state index >= 15 is 0 Å². The number of amides is 1. The third-order valence-corrected chi connectivity index (χ3v) is 2.70. The Kier molecular flexibility index (Phi) is 1.71. The highest BCUT2D eigenvalue weighted by Gasteiger charge is 2.50. The summed E-state index contributed by atoms with van der Waals surface area (Å²) in [5.41, 5.74) is 2.27. The average Bonchev–Trinajstić information content (AvgIpc) is 2.18. The zero-order valence-electron chi connectivity index (χ0n) is 5.59. The Bertz CT molecular complexity index is 262. The number of carboxylic acid groups (broad SMARTS) is 1. The molecule has 0 radical (unpaired) electrons. The van der Waals surface area contributed by atoms with E-state index in [0.29, 0.717) is 0 Å². The normalized spacial score (nSPS) is 29.6. The second kappa shape index (κ2) is 2.30. The van der Waals surface area contributed by atoms with E-state index in [0.717, 1.165) is 0 Å². The number of hydrazone groups is 1. The van der Waals surface area contributed by atoms with Gasteiger partial charge < -0.3 is 5.11 Å². The summed E-state index contributed by atoms with van der Waals surface area (Å²) < 4.78 is -1.66. The highest BCUT2D eigenvalue weighted by Crippen LogP contribution is 2.24. The van der Waals surface area contributed by atoms with Crippen molar-refractivity contribution in [3.63, 3.8) is 0 Å². The van der Waals surface area contributed by atoms with Crippen molar-refractivity contribution >= 4 is 33.5 Å². The zero-order chi connectivity index (χ0) is 8.65. The van der Waals surface area contributed by atoms with Crippen LogP contribution in [-0.2, 0) is 9.59 Å². The quantitative estimate of drug-likeness (QED) is 0.471. The second-order valence-corrected chi connectivity index (χ2v) is 3.29. The van der Waals surface area contributed by atoms with Crippen LogP contribution in [0.5, 0.6) is 0 Å². The predicted octanol–water partition coefficient (Wildman–Crippen LogP) is -0.290. The summed E-state index contributed by atoms with van der Waals surface area (Å²) in [6.07, 6.45) is 0. The lowest BCUT2D eigenvalue weighted by atomic mass is 10.1. The summed E-state index contributed by atoms with van der Waals surface area (Å²) in [5, 5.41) is 12.1. The Morgan fingerprint density at radius 3 is 2.55 bits per heavy atom. The first-order chi connectivity index (χ1) is 4.99. The summed E-state index contributed by atoms with van der Waals surface area (Å²) in [7, 11) is 0. The lowest BCUT2D eigenvalue weighted by Crippen LogP contribution is -2.45. The Morgan fingerprint density at radius 2 is 2.36 bits per heavy atom. The van der Waals surface area contributed by atoms with Gasteiger partial charge in [-0.05, 0) is 6.92 Å². The molecule has 0 aromatic heterocycles. The zero-order valence-corrected chi connectivity index (χ0v) is 7.17. The highest BCUT2D eigenvalue weighted by atomic mass is 79.9. The summed E-state index contributed by atoms with van der Waals surface area (Å²) >= 11 is 2.80. The molecule has 0 bridgehead atoms. The van der Waals surface area contributed by atoms with Crippen molar-refractivity contribution in [3.05, 3.63) is 0 Å². The molecule has 11 heavy (non-hydrogen) atoms. The van der Waals surface area contributed by atoms with Crippen molar-refractivity contribution in [1.82, 2.24) is 5.43 Å². The van der Waals surface area contributed by atoms with E-state index < -0.39 is 16.2 Å². The molecule has 1 amide bonds. The van der Waals surface area contributed by atoms with Gasteiger partial charge in [0.15, 0.2) is 0 Å². The van der Waals surface area contributed by atoms with Crippen molar-refractivity contribution in [2.75, 3.05) is 0 Å². The van der Waals surface area contributed by atoms with Crippen molar-refractivity contribution in [3.8, 4) is 0 Å². The second-order valence-electron chi connectivity index (χ2n) is 2.10. The average molecular weight is 221 g/mol. The minimum atomic E-state index is -1.66. The van der Waals surface area contributed by atoms with Crippen LogP contribution in [-0.4, -0.2) is 27.0 Å². The van der Waals surface area contributed by atoms with E-state index in [2.05, 4.69) is 26.5 Å². The summed E-state index contributed by atoms with van der Waals surface area (Å²) in [5.74, 6) is -1.92. The fourth-order valence-electron chi connectivity index (χ4n) is 0.705. The van der Waals surface area contributed by atoms with Crippen molar-refractivity contribution in [2.24, 2.45) is 5.10 Å². The third kappa shape index (κ3) is 0.936. The third-order valence-electron chi connectivity index (χ3n) is 1.43. The molecular formula is C5H5BrN2O3. The number of carbonyl (C=O) groups is 2. The number of halogens is 1. The van der Waals surface area contributed by atoms with Crippen molar-refractivity contribution < 1.29 is 14.7 Å². The molecule has 1 atom stereocenters. The van der Waals surface area contributed by atoms with Gasteiger partial charge in [0, 0.05) is 0 Å². The molecule has 1 rings (SSSR count). The number of aliphatic carboxylic acids is 1. The smallest absolute Gasteiger partial charge is 0.336 e. The fraction of sp³-hybridized carbons (Fsp3) is 0.400. The molecule has 60 valence electrons. The van der Waals surface area contributed by atoms with Gasteiger partial charge in [0.25, 0.3) is 5.91 Å². The topological polar surface area (TPSA) is 78.8 Å². The van der Waals surface area contributed by atoms with E-state index in [1.165, 1.54) is 6.92 Å². The minimum Gasteiger partial charge on any atom is -0.480 e. The molecule has 0 fully saturated rings. The lowest BCUT2D eigenvalue weighted by Gasteiger charge is -2.11. The number of nitrogens with one attached hydrogen (secondary N) is 1. The first-order valence-corrected chi connectivity index (χ1v) is 3.56. The van der Waals surface area contributed by atoms with Gasteiger partial charge in [0.1, 0.15) is 0 Å². The Balaban J connectivity index is 3.10. The first-order valence-electron chi connectivity index (χ1n) is 2.77. The molecule has 1 unspecified atom stereocenters. The summed E-state index contributed by atoms with van der Waals surface area (Å²) in [4.78, 5) is 21.5. The SMILES string of the molecule is CC1=NNC(=O)C1(Br)C(=O)O. The van der Waals surface area contributed by atoms with E-state index in [4.69, 9.17) is 5.11 Å². The van der Waals surface area contributed by atoms with Crippen LogP contribution in [0.4, 0.5) is 0 Å². The van der Waals surface area contributed by atoms with E-state index in [9.17, 15) is 9.59 Å². The standard InChI is InChI=1S/C5H5BrN2O3/c1-2-5(6,4(10)11)3(9)8-7-2/h1H3,(H,8,9)(H,10,11). The lowest BCUT2D eigenvalue weighted by molar-refractivity contribution is -0.141. The van der Waals surface area contributed by atoms with Crippen LogP contribution in [0.2, 0.25) is 0 Å². The molecule has 1 heterocycles. The molecule has 5 nitrogen and oxygen atoms in total. The van der Waals surface area contributed by atoms with Crippen LogP contribution in [0.15, 0.2) is 5.10 Å². The minimum absolute atomic E-state index is 0.204. The van der Waals surface area contributed by atoms with Crippen LogP contribution >= 0.6 is 15.9 Å². The van der Waals surface area contributed by atoms with E-state index in [1.807, 2.05) is 0 Å². The maximum absolute atomic E-state index is 10.9. The monoisotopic (exact) mass is 220 g/mol. The number of hydrogen-bond acceptors (Lipinski definition) is 3. The molecule has 0 aromatic carbocycles. The van der Waals surface area contributed by atoms with Gasteiger partial charge in [-0.3, -0.25) is 4.79 Å². The van der Waals surface area contributed by atoms with E-state index in [-0.39, 0.29) is 5.71 Å². The summed E-state index contributed by atoms with van der Waals surface area (Å²) in [6, 6.07) is 0. The Morgan fingerprint density at radius 1 is 1.82 bits per heavy atom. The Labute approximate surface area is 70.6 Å². The molecule has 0 aromatic rings. The van der Waals surface area contributed by atoms with Crippen LogP contribution in [0.25, 0.3) is 0 Å². The van der Waals surface area contributed by atoms with Crippen LogP contribution in [0.3, 0.4) is 0 Å². The molecular weight excluding hydrogens is 216 g/mol. The molecule has 2 N–H and O–H groups in total. The summed E-state index contributed by atoms with van der Waals surface area (Å²) in [6.45, 7) is 1.46. The van der Waals surface area contributed by atoms with Gasteiger partial charge in [0.05, 0.1) is 5.71 Å². The van der Waals surface area contributed by atoms with Gasteiger partial charge >= 0.3 is 5.97 Å². The van der Waals surface area contributed by atoms with Crippen molar-refractivity contribution in [2.45, 2.75) is 11.2 Å². The van der Waals surface area contributed by atoms with Gasteiger partial charge in [-0.2, -0.15) is 5.10 Å². The molecule has 0 spiro atoms. The van der Waals surface area contributed by atoms with Gasteiger partial charge in [-0.25, -0.2) is 10.2 Å². The largest absolute Gasteiger partial charge is 0.480 e. The van der Waals surface area contributed by atoms with Gasteiger partial charge in [-0.1, -0.05) is 15.9 Å². The van der Waals surface area contributed by atoms with Crippen LogP contribution in [0.1, 0.15) is 6.92 Å². The number of rotatable bonds is 1. The molecule has 1 aliphatic rings. The number of carboxylic acids is 1. The molecule has 0 saturated heterocycles. The molecule has 6 heteroatoms. The molecule has 0 aliphatic carbocycles. The first kappa shape index (κ1) is 8.19. The molecule has 1 aliphatic heterocycles. The fourth-order valence-corrected chi connectivity index (χ4v) is 0.882. The predicted molar refractivity (Wildman–Crippen MR) is 40.5 cm³/mol. The van der Waals surface area contributed by atoms with Crippen LogP contribution < -0.4 is 5.43 Å². The molecule has 0 saturated carbocycles. The Hall–Kier alpha value is -0.910. The highest BCUT2D eigenvalue weighted by molar-refractivity contribution is 9.11. The number of carbonyl (C=O) groups excluding carboxylic acids is 1.